The summed E-state index contributed by atoms with van der Waals surface area (Å²) in [6.07, 6.45) is 5.85. The van der Waals surface area contributed by atoms with E-state index in [1.54, 1.807) is 11.0 Å². The first kappa shape index (κ1) is 27.2. The van der Waals surface area contributed by atoms with Crippen molar-refractivity contribution in [3.63, 3.8) is 0 Å². The maximum Gasteiger partial charge on any atom is 0.290 e. The summed E-state index contributed by atoms with van der Waals surface area (Å²) in [5.41, 5.74) is 1.73. The number of hydrogen-bond donors (Lipinski definition) is 1. The third kappa shape index (κ3) is 6.85. The van der Waals surface area contributed by atoms with Crippen molar-refractivity contribution >= 4 is 17.8 Å². The highest BCUT2D eigenvalue weighted by Crippen LogP contribution is 2.39. The van der Waals surface area contributed by atoms with Gasteiger partial charge >= 0.3 is 0 Å². The van der Waals surface area contributed by atoms with E-state index in [4.69, 9.17) is 4.74 Å². The zero-order valence-electron chi connectivity index (χ0n) is 21.7. The molecular formula is C30H38N2O4. The van der Waals surface area contributed by atoms with E-state index in [0.717, 1.165) is 50.0 Å². The van der Waals surface area contributed by atoms with Gasteiger partial charge in [0.15, 0.2) is 11.5 Å². The van der Waals surface area contributed by atoms with E-state index in [1.807, 2.05) is 54.6 Å². The van der Waals surface area contributed by atoms with Gasteiger partial charge in [0.2, 0.25) is 0 Å². The molecule has 36 heavy (non-hydrogen) atoms. The molecule has 0 aromatic heterocycles. The molecule has 6 nitrogen and oxygen atoms in total. The smallest absolute Gasteiger partial charge is 0.290 e. The van der Waals surface area contributed by atoms with Crippen molar-refractivity contribution in [1.29, 1.82) is 0 Å². The Balaban J connectivity index is 1.91. The normalized spacial score (nSPS) is 15.9. The van der Waals surface area contributed by atoms with Crippen LogP contribution >= 0.6 is 0 Å². The van der Waals surface area contributed by atoms with Crippen LogP contribution in [0.1, 0.15) is 57.2 Å². The number of hydrogen-bond acceptors (Lipinski definition) is 5. The summed E-state index contributed by atoms with van der Waals surface area (Å²) < 4.78 is 5.89. The second-order valence-electron chi connectivity index (χ2n) is 8.93. The third-order valence-corrected chi connectivity index (χ3v) is 6.50. The van der Waals surface area contributed by atoms with E-state index in [2.05, 4.69) is 25.7 Å². The van der Waals surface area contributed by atoms with E-state index >= 15 is 0 Å². The second-order valence-corrected chi connectivity index (χ2v) is 8.93. The van der Waals surface area contributed by atoms with Crippen LogP contribution < -0.4 is 4.74 Å². The SMILES string of the molecule is CCCCOc1cccc(C2C(C(=O)C=Cc3ccccc3)=C(O)C(=O)N2CCCN(CC)CC)c1. The fourth-order valence-electron chi connectivity index (χ4n) is 4.42. The molecule has 1 unspecified atom stereocenters. The monoisotopic (exact) mass is 490 g/mol. The number of nitrogens with zero attached hydrogens (tertiary/aromatic N) is 2. The summed E-state index contributed by atoms with van der Waals surface area (Å²) in [6, 6.07) is 16.3. The summed E-state index contributed by atoms with van der Waals surface area (Å²) in [4.78, 5) is 30.4. The van der Waals surface area contributed by atoms with Gasteiger partial charge < -0.3 is 19.6 Å². The molecule has 1 amide bonds. The average Bonchev–Trinajstić information content (AvgIpc) is 3.16. The molecule has 1 N–H and O–H groups in total. The summed E-state index contributed by atoms with van der Waals surface area (Å²) in [6.45, 7) is 10.1. The zero-order chi connectivity index (χ0) is 25.9. The Hall–Kier alpha value is -3.38. The van der Waals surface area contributed by atoms with Gasteiger partial charge in [0.25, 0.3) is 5.91 Å². The molecule has 0 bridgehead atoms. The predicted molar refractivity (Wildman–Crippen MR) is 144 cm³/mol. The van der Waals surface area contributed by atoms with Crippen LogP contribution in [0.5, 0.6) is 5.75 Å². The first-order chi connectivity index (χ1) is 17.5. The lowest BCUT2D eigenvalue weighted by Crippen LogP contribution is -2.34. The lowest BCUT2D eigenvalue weighted by atomic mass is 9.95. The highest BCUT2D eigenvalue weighted by atomic mass is 16.5. The highest BCUT2D eigenvalue weighted by Gasteiger charge is 2.42. The standard InChI is InChI=1S/C30H38N2O4/c1-4-7-21-36-25-16-11-15-24(22-25)28-27(26(33)18-17-23-13-9-8-10-14-23)29(34)30(35)32(28)20-12-19-31(5-2)6-3/h8-11,13-18,22,28,34H,4-7,12,19-21H2,1-3H3. The van der Waals surface area contributed by atoms with Gasteiger partial charge in [-0.25, -0.2) is 0 Å². The van der Waals surface area contributed by atoms with Crippen molar-refractivity contribution in [2.75, 3.05) is 32.8 Å². The van der Waals surface area contributed by atoms with Crippen molar-refractivity contribution in [2.24, 2.45) is 0 Å². The number of aliphatic hydroxyl groups excluding tert-OH is 1. The topological polar surface area (TPSA) is 70.1 Å². The third-order valence-electron chi connectivity index (χ3n) is 6.50. The van der Waals surface area contributed by atoms with E-state index in [9.17, 15) is 14.7 Å². The summed E-state index contributed by atoms with van der Waals surface area (Å²) in [5, 5.41) is 10.9. The number of unbranched alkanes of at least 4 members (excludes halogenated alkanes) is 1. The quantitative estimate of drug-likeness (QED) is 0.277. The molecule has 0 aliphatic carbocycles. The average molecular weight is 491 g/mol. The maximum absolute atomic E-state index is 13.4. The van der Waals surface area contributed by atoms with E-state index in [0.29, 0.717) is 18.9 Å². The Bertz CT molecular complexity index is 1070. The molecule has 0 saturated carbocycles. The molecule has 6 heteroatoms. The van der Waals surface area contributed by atoms with Crippen LogP contribution in [0, 0.1) is 0 Å². The molecule has 0 radical (unpaired) electrons. The van der Waals surface area contributed by atoms with Crippen LogP contribution in [-0.2, 0) is 9.59 Å². The Morgan fingerprint density at radius 1 is 1.06 bits per heavy atom. The lowest BCUT2D eigenvalue weighted by molar-refractivity contribution is -0.129. The minimum atomic E-state index is -0.670. The first-order valence-corrected chi connectivity index (χ1v) is 13.0. The fraction of sp³-hybridized carbons (Fsp3) is 0.400. The fourth-order valence-corrected chi connectivity index (χ4v) is 4.42. The second kappa shape index (κ2) is 13.6. The molecule has 0 saturated heterocycles. The Kier molecular flexibility index (Phi) is 10.3. The summed E-state index contributed by atoms with van der Waals surface area (Å²) in [5.74, 6) is -0.663. The number of carbonyl (C=O) groups excluding carboxylic acids is 2. The van der Waals surface area contributed by atoms with Gasteiger partial charge in [0.1, 0.15) is 5.75 Å². The van der Waals surface area contributed by atoms with E-state index < -0.39 is 17.7 Å². The van der Waals surface area contributed by atoms with Crippen LogP contribution in [0.15, 0.2) is 72.0 Å². The molecule has 0 spiro atoms. The number of aliphatic hydroxyl groups is 1. The molecule has 1 heterocycles. The van der Waals surface area contributed by atoms with Gasteiger partial charge in [-0.15, -0.1) is 0 Å². The molecule has 2 aromatic rings. The molecule has 3 rings (SSSR count). The van der Waals surface area contributed by atoms with Crippen LogP contribution in [-0.4, -0.2) is 59.4 Å². The van der Waals surface area contributed by atoms with Crippen molar-refractivity contribution in [1.82, 2.24) is 9.80 Å². The number of amides is 1. The van der Waals surface area contributed by atoms with Crippen molar-refractivity contribution in [3.8, 4) is 5.75 Å². The molecule has 2 aromatic carbocycles. The Morgan fingerprint density at radius 2 is 1.81 bits per heavy atom. The minimum absolute atomic E-state index is 0.112. The Labute approximate surface area is 214 Å². The molecule has 1 aliphatic heterocycles. The van der Waals surface area contributed by atoms with Gasteiger partial charge in [-0.05, 0) is 61.8 Å². The maximum atomic E-state index is 13.4. The van der Waals surface area contributed by atoms with Crippen molar-refractivity contribution in [2.45, 2.75) is 46.1 Å². The summed E-state index contributed by atoms with van der Waals surface area (Å²) in [7, 11) is 0. The number of ketones is 1. The lowest BCUT2D eigenvalue weighted by Gasteiger charge is -2.28. The van der Waals surface area contributed by atoms with Crippen molar-refractivity contribution in [3.05, 3.63) is 83.1 Å². The molecular weight excluding hydrogens is 452 g/mol. The van der Waals surface area contributed by atoms with Crippen LogP contribution in [0.2, 0.25) is 0 Å². The van der Waals surface area contributed by atoms with Gasteiger partial charge in [0, 0.05) is 6.54 Å². The van der Waals surface area contributed by atoms with Gasteiger partial charge in [-0.3, -0.25) is 9.59 Å². The first-order valence-electron chi connectivity index (χ1n) is 13.0. The number of rotatable bonds is 14. The number of benzene rings is 2. The minimum Gasteiger partial charge on any atom is -0.503 e. The number of carbonyl (C=O) groups is 2. The highest BCUT2D eigenvalue weighted by molar-refractivity contribution is 6.14. The van der Waals surface area contributed by atoms with Gasteiger partial charge in [0.05, 0.1) is 18.2 Å². The molecule has 1 atom stereocenters. The predicted octanol–water partition coefficient (Wildman–Crippen LogP) is 5.58. The van der Waals surface area contributed by atoms with E-state index in [-0.39, 0.29) is 11.4 Å². The van der Waals surface area contributed by atoms with Gasteiger partial charge in [-0.2, -0.15) is 0 Å². The van der Waals surface area contributed by atoms with E-state index in [1.165, 1.54) is 6.08 Å². The van der Waals surface area contributed by atoms with Crippen LogP contribution in [0.4, 0.5) is 0 Å². The summed E-state index contributed by atoms with van der Waals surface area (Å²) >= 11 is 0. The zero-order valence-corrected chi connectivity index (χ0v) is 21.7. The largest absolute Gasteiger partial charge is 0.503 e. The number of allylic oxidation sites excluding steroid dienone is 1. The van der Waals surface area contributed by atoms with Crippen molar-refractivity contribution < 1.29 is 19.4 Å². The molecule has 192 valence electrons. The molecule has 1 aliphatic rings. The van der Waals surface area contributed by atoms with Gasteiger partial charge in [-0.1, -0.05) is 75.7 Å². The van der Waals surface area contributed by atoms with Crippen LogP contribution in [0.3, 0.4) is 0 Å². The molecule has 0 fully saturated rings. The van der Waals surface area contributed by atoms with Crippen LogP contribution in [0.25, 0.3) is 6.08 Å². The Morgan fingerprint density at radius 3 is 2.50 bits per heavy atom. The number of ether oxygens (including phenoxy) is 1.